The van der Waals surface area contributed by atoms with Gasteiger partial charge < -0.3 is 15.7 Å². The van der Waals surface area contributed by atoms with Crippen LogP contribution >= 0.6 is 0 Å². The number of β-amino-alcohol motifs (C(OH)–C–C–N with tert-alkyl or cyclic N) is 1. The van der Waals surface area contributed by atoms with Gasteiger partial charge in [0.25, 0.3) is 0 Å². The number of rotatable bonds is 4. The van der Waals surface area contributed by atoms with E-state index in [4.69, 9.17) is 5.73 Å². The second-order valence-electron chi connectivity index (χ2n) is 5.64. The van der Waals surface area contributed by atoms with Crippen molar-refractivity contribution in [2.75, 3.05) is 13.1 Å². The van der Waals surface area contributed by atoms with E-state index in [1.165, 1.54) is 5.56 Å². The molecule has 4 heteroatoms. The molecule has 1 aromatic carbocycles. The Kier molecular flexibility index (Phi) is 4.22. The summed E-state index contributed by atoms with van der Waals surface area (Å²) in [6.45, 7) is 2.76. The zero-order chi connectivity index (χ0) is 13.9. The van der Waals surface area contributed by atoms with Crippen molar-refractivity contribution in [2.45, 2.75) is 37.8 Å². The molecule has 1 saturated heterocycles. The molecule has 1 fully saturated rings. The molecule has 104 valence electrons. The smallest absolute Gasteiger partial charge is 0.239 e. The molecule has 4 nitrogen and oxygen atoms in total. The fraction of sp³-hybridized carbons (Fsp3) is 0.533. The van der Waals surface area contributed by atoms with Crippen LogP contribution in [0.4, 0.5) is 0 Å². The summed E-state index contributed by atoms with van der Waals surface area (Å²) in [5.41, 5.74) is 6.40. The van der Waals surface area contributed by atoms with Gasteiger partial charge in [-0.05, 0) is 31.7 Å². The summed E-state index contributed by atoms with van der Waals surface area (Å²) >= 11 is 0. The number of nitrogens with zero attached hydrogens (tertiary/aromatic N) is 1. The zero-order valence-corrected chi connectivity index (χ0v) is 11.4. The average Bonchev–Trinajstić information content (AvgIpc) is 2.76. The van der Waals surface area contributed by atoms with Gasteiger partial charge in [-0.3, -0.25) is 4.79 Å². The molecule has 0 radical (unpaired) electrons. The minimum absolute atomic E-state index is 0.0475. The number of likely N-dealkylation sites (tertiary alicyclic amines) is 1. The van der Waals surface area contributed by atoms with E-state index in [2.05, 4.69) is 0 Å². The molecule has 0 aliphatic carbocycles. The normalized spacial score (nSPS) is 24.5. The molecule has 1 amide bonds. The fourth-order valence-corrected chi connectivity index (χ4v) is 2.46. The summed E-state index contributed by atoms with van der Waals surface area (Å²) < 4.78 is 0. The van der Waals surface area contributed by atoms with Crippen LogP contribution in [0.25, 0.3) is 0 Å². The van der Waals surface area contributed by atoms with Crippen molar-refractivity contribution in [1.82, 2.24) is 4.90 Å². The number of carbonyl (C=O) groups is 1. The lowest BCUT2D eigenvalue weighted by atomic mass is 10.0. The summed E-state index contributed by atoms with van der Waals surface area (Å²) in [7, 11) is 0. The van der Waals surface area contributed by atoms with Gasteiger partial charge in [0.05, 0.1) is 11.6 Å². The topological polar surface area (TPSA) is 66.6 Å². The lowest BCUT2D eigenvalue weighted by Gasteiger charge is -2.22. The first-order valence-corrected chi connectivity index (χ1v) is 6.79. The maximum atomic E-state index is 12.1. The first kappa shape index (κ1) is 14.0. The van der Waals surface area contributed by atoms with Crippen LogP contribution in [0, 0.1) is 0 Å². The number of amides is 1. The largest absolute Gasteiger partial charge is 0.388 e. The minimum atomic E-state index is -0.755. The number of benzene rings is 1. The van der Waals surface area contributed by atoms with E-state index >= 15 is 0 Å². The summed E-state index contributed by atoms with van der Waals surface area (Å²) in [5.74, 6) is -0.0475. The molecule has 19 heavy (non-hydrogen) atoms. The monoisotopic (exact) mass is 262 g/mol. The molecular weight excluding hydrogens is 240 g/mol. The van der Waals surface area contributed by atoms with Crippen molar-refractivity contribution in [2.24, 2.45) is 5.73 Å². The Bertz CT molecular complexity index is 431. The first-order chi connectivity index (χ1) is 8.98. The van der Waals surface area contributed by atoms with E-state index < -0.39 is 11.6 Å². The predicted octanol–water partition coefficient (Wildman–Crippen LogP) is 0.930. The SMILES string of the molecule is CC1(O)CCN(C(=O)C(N)CCc2ccccc2)C1. The van der Waals surface area contributed by atoms with Crippen molar-refractivity contribution in [1.29, 1.82) is 0 Å². The number of hydrogen-bond acceptors (Lipinski definition) is 3. The maximum Gasteiger partial charge on any atom is 0.239 e. The molecule has 0 saturated carbocycles. The third-order valence-corrected chi connectivity index (χ3v) is 3.67. The van der Waals surface area contributed by atoms with Crippen molar-refractivity contribution in [3.8, 4) is 0 Å². The van der Waals surface area contributed by atoms with Gasteiger partial charge >= 0.3 is 0 Å². The van der Waals surface area contributed by atoms with Crippen molar-refractivity contribution in [3.63, 3.8) is 0 Å². The van der Waals surface area contributed by atoms with Gasteiger partial charge in [0.15, 0.2) is 0 Å². The third-order valence-electron chi connectivity index (χ3n) is 3.67. The molecule has 1 aliphatic rings. The van der Waals surface area contributed by atoms with Crippen LogP contribution < -0.4 is 5.73 Å². The van der Waals surface area contributed by atoms with Crippen LogP contribution in [0.15, 0.2) is 30.3 Å². The summed E-state index contributed by atoms with van der Waals surface area (Å²) in [6.07, 6.45) is 2.07. The number of carbonyl (C=O) groups excluding carboxylic acids is 1. The highest BCUT2D eigenvalue weighted by molar-refractivity contribution is 5.82. The molecule has 3 N–H and O–H groups in total. The molecule has 2 unspecified atom stereocenters. The number of nitrogens with two attached hydrogens (primary N) is 1. The highest BCUT2D eigenvalue weighted by Gasteiger charge is 2.35. The van der Waals surface area contributed by atoms with Gasteiger partial charge in [-0.25, -0.2) is 0 Å². The van der Waals surface area contributed by atoms with Crippen molar-refractivity contribution >= 4 is 5.91 Å². The number of aliphatic hydroxyl groups is 1. The molecule has 2 rings (SSSR count). The summed E-state index contributed by atoms with van der Waals surface area (Å²) in [5, 5.41) is 9.87. The Morgan fingerprint density at radius 1 is 1.47 bits per heavy atom. The Labute approximate surface area is 114 Å². The fourth-order valence-electron chi connectivity index (χ4n) is 2.46. The van der Waals surface area contributed by atoms with Crippen LogP contribution in [0.5, 0.6) is 0 Å². The maximum absolute atomic E-state index is 12.1. The van der Waals surface area contributed by atoms with E-state index in [0.717, 1.165) is 6.42 Å². The Balaban J connectivity index is 1.83. The zero-order valence-electron chi connectivity index (χ0n) is 11.4. The van der Waals surface area contributed by atoms with Gasteiger partial charge in [0.2, 0.25) is 5.91 Å². The quantitative estimate of drug-likeness (QED) is 0.848. The van der Waals surface area contributed by atoms with Gasteiger partial charge in [0.1, 0.15) is 0 Å². The molecule has 1 aliphatic heterocycles. The molecule has 1 aromatic rings. The third kappa shape index (κ3) is 3.78. The first-order valence-electron chi connectivity index (χ1n) is 6.79. The van der Waals surface area contributed by atoms with Gasteiger partial charge in [-0.15, -0.1) is 0 Å². The van der Waals surface area contributed by atoms with E-state index in [9.17, 15) is 9.90 Å². The predicted molar refractivity (Wildman–Crippen MR) is 74.6 cm³/mol. The summed E-state index contributed by atoms with van der Waals surface area (Å²) in [4.78, 5) is 13.8. The Morgan fingerprint density at radius 2 is 2.16 bits per heavy atom. The van der Waals surface area contributed by atoms with Gasteiger partial charge in [-0.2, -0.15) is 0 Å². The van der Waals surface area contributed by atoms with Gasteiger partial charge in [-0.1, -0.05) is 30.3 Å². The van der Waals surface area contributed by atoms with Crippen LogP contribution in [-0.4, -0.2) is 40.6 Å². The Morgan fingerprint density at radius 3 is 2.74 bits per heavy atom. The van der Waals surface area contributed by atoms with Crippen LogP contribution in [0.3, 0.4) is 0 Å². The van der Waals surface area contributed by atoms with Crippen LogP contribution in [0.2, 0.25) is 0 Å². The van der Waals surface area contributed by atoms with Gasteiger partial charge in [0, 0.05) is 13.1 Å². The molecule has 0 spiro atoms. The summed E-state index contributed by atoms with van der Waals surface area (Å²) in [6, 6.07) is 9.55. The van der Waals surface area contributed by atoms with E-state index in [1.807, 2.05) is 30.3 Å². The standard InChI is InChI=1S/C15H22N2O2/c1-15(19)9-10-17(11-15)14(18)13(16)8-7-12-5-3-2-4-6-12/h2-6,13,19H,7-11,16H2,1H3. The molecule has 2 atom stereocenters. The van der Waals surface area contributed by atoms with E-state index in [0.29, 0.717) is 25.9 Å². The van der Waals surface area contributed by atoms with E-state index in [-0.39, 0.29) is 5.91 Å². The second kappa shape index (κ2) is 5.72. The van der Waals surface area contributed by atoms with Crippen molar-refractivity contribution in [3.05, 3.63) is 35.9 Å². The number of aryl methyl sites for hydroxylation is 1. The van der Waals surface area contributed by atoms with Crippen LogP contribution in [0.1, 0.15) is 25.3 Å². The lowest BCUT2D eigenvalue weighted by molar-refractivity contribution is -0.132. The van der Waals surface area contributed by atoms with E-state index in [1.54, 1.807) is 11.8 Å². The lowest BCUT2D eigenvalue weighted by Crippen LogP contribution is -2.44. The molecular formula is C15H22N2O2. The second-order valence-corrected chi connectivity index (χ2v) is 5.64. The highest BCUT2D eigenvalue weighted by atomic mass is 16.3. The highest BCUT2D eigenvalue weighted by Crippen LogP contribution is 2.21. The Hall–Kier alpha value is -1.39. The molecule has 1 heterocycles. The minimum Gasteiger partial charge on any atom is -0.388 e. The molecule has 0 aromatic heterocycles. The average molecular weight is 262 g/mol. The molecule has 0 bridgehead atoms. The number of hydrogen-bond donors (Lipinski definition) is 2. The van der Waals surface area contributed by atoms with Crippen molar-refractivity contribution < 1.29 is 9.90 Å². The van der Waals surface area contributed by atoms with Crippen LogP contribution in [-0.2, 0) is 11.2 Å².